The number of para-hydroxylation sites is 1. The van der Waals surface area contributed by atoms with Crippen LogP contribution in [0.4, 0.5) is 10.5 Å². The summed E-state index contributed by atoms with van der Waals surface area (Å²) >= 11 is 19.0. The van der Waals surface area contributed by atoms with Crippen molar-refractivity contribution in [2.45, 2.75) is 13.5 Å². The number of rotatable bonds is 6. The number of carbonyl (C=O) groups is 1. The predicted molar refractivity (Wildman–Crippen MR) is 134 cm³/mol. The summed E-state index contributed by atoms with van der Waals surface area (Å²) in [6.07, 6.45) is 1.54. The third-order valence-electron chi connectivity index (χ3n) is 4.16. The molecule has 0 unspecified atom stereocenters. The minimum absolute atomic E-state index is 0.322. The Labute approximate surface area is 207 Å². The zero-order valence-corrected chi connectivity index (χ0v) is 20.9. The van der Waals surface area contributed by atoms with Gasteiger partial charge in [-0.3, -0.25) is 0 Å². The lowest BCUT2D eigenvalue weighted by atomic mass is 10.2. The lowest BCUT2D eigenvalue weighted by Gasteiger charge is -2.12. The number of halogens is 4. The maximum absolute atomic E-state index is 12.0. The normalized spacial score (nSPS) is 10.9. The van der Waals surface area contributed by atoms with E-state index in [0.717, 1.165) is 31.3 Å². The van der Waals surface area contributed by atoms with Crippen LogP contribution in [0.25, 0.3) is 0 Å². The van der Waals surface area contributed by atoms with E-state index in [4.69, 9.17) is 27.9 Å². The first-order valence-corrected chi connectivity index (χ1v) is 11.4. The van der Waals surface area contributed by atoms with E-state index in [1.54, 1.807) is 12.1 Å². The van der Waals surface area contributed by atoms with Gasteiger partial charge >= 0.3 is 6.03 Å². The van der Waals surface area contributed by atoms with Crippen molar-refractivity contribution in [3.63, 3.8) is 0 Å². The first-order chi connectivity index (χ1) is 14.8. The van der Waals surface area contributed by atoms with Crippen molar-refractivity contribution in [3.05, 3.63) is 90.3 Å². The van der Waals surface area contributed by atoms with Gasteiger partial charge in [0.25, 0.3) is 0 Å². The van der Waals surface area contributed by atoms with E-state index in [1.165, 1.54) is 6.21 Å². The molecular weight excluding hydrogens is 569 g/mol. The highest BCUT2D eigenvalue weighted by Crippen LogP contribution is 2.35. The van der Waals surface area contributed by atoms with Gasteiger partial charge in [-0.2, -0.15) is 5.10 Å². The van der Waals surface area contributed by atoms with Crippen LogP contribution in [-0.2, 0) is 6.61 Å². The molecule has 0 aliphatic heterocycles. The molecule has 9 heteroatoms. The fraction of sp³-hybridized carbons (Fsp3) is 0.0909. The third kappa shape index (κ3) is 6.71. The van der Waals surface area contributed by atoms with Crippen molar-refractivity contribution in [3.8, 4) is 5.75 Å². The van der Waals surface area contributed by atoms with Gasteiger partial charge in [-0.25, -0.2) is 10.2 Å². The number of hydrazone groups is 1. The van der Waals surface area contributed by atoms with Crippen LogP contribution in [0.5, 0.6) is 5.75 Å². The molecule has 0 bridgehead atoms. The second-order valence-corrected chi connectivity index (χ2v) is 9.01. The van der Waals surface area contributed by atoms with E-state index in [0.29, 0.717) is 22.4 Å². The highest BCUT2D eigenvalue weighted by atomic mass is 79.9. The van der Waals surface area contributed by atoms with E-state index in [-0.39, 0.29) is 0 Å². The van der Waals surface area contributed by atoms with Crippen molar-refractivity contribution in [1.82, 2.24) is 5.43 Å². The smallest absolute Gasteiger partial charge is 0.339 e. The Kier molecular flexibility index (Phi) is 8.37. The summed E-state index contributed by atoms with van der Waals surface area (Å²) in [6.45, 7) is 2.24. The minimum Gasteiger partial charge on any atom is -0.487 e. The molecule has 160 valence electrons. The largest absolute Gasteiger partial charge is 0.487 e. The van der Waals surface area contributed by atoms with Crippen molar-refractivity contribution >= 4 is 73.0 Å². The fourth-order valence-electron chi connectivity index (χ4n) is 2.61. The number of hydrogen-bond donors (Lipinski definition) is 2. The Bertz CT molecular complexity index is 1120. The van der Waals surface area contributed by atoms with Gasteiger partial charge < -0.3 is 10.1 Å². The van der Waals surface area contributed by atoms with Crippen LogP contribution in [0.1, 0.15) is 16.7 Å². The molecule has 0 aliphatic carbocycles. The molecular formula is C22H17Br2Cl2N3O2. The first-order valence-electron chi connectivity index (χ1n) is 9.05. The van der Waals surface area contributed by atoms with Crippen molar-refractivity contribution in [2.24, 2.45) is 5.10 Å². The number of ether oxygens (including phenoxy) is 1. The summed E-state index contributed by atoms with van der Waals surface area (Å²) < 4.78 is 7.36. The van der Waals surface area contributed by atoms with Gasteiger partial charge in [0, 0.05) is 5.69 Å². The zero-order valence-electron chi connectivity index (χ0n) is 16.3. The SMILES string of the molecule is Cc1ccccc1NC(=O)NN=Cc1cc(Br)c(OCc2ccc(Cl)c(Cl)c2)c(Br)c1. The average molecular weight is 586 g/mol. The van der Waals surface area contributed by atoms with Crippen LogP contribution in [0, 0.1) is 6.92 Å². The van der Waals surface area contributed by atoms with Gasteiger partial charge in [0.05, 0.1) is 25.2 Å². The summed E-state index contributed by atoms with van der Waals surface area (Å²) in [4.78, 5) is 12.0. The predicted octanol–water partition coefficient (Wildman–Crippen LogP) is 7.56. The maximum atomic E-state index is 12.0. The monoisotopic (exact) mass is 583 g/mol. The molecule has 0 saturated carbocycles. The van der Waals surface area contributed by atoms with Gasteiger partial charge in [0.1, 0.15) is 12.4 Å². The molecule has 0 spiro atoms. The maximum Gasteiger partial charge on any atom is 0.339 e. The molecule has 3 rings (SSSR count). The zero-order chi connectivity index (χ0) is 22.4. The molecule has 3 aromatic carbocycles. The molecule has 0 fully saturated rings. The Morgan fingerprint density at radius 3 is 2.45 bits per heavy atom. The number of benzene rings is 3. The van der Waals surface area contributed by atoms with Crippen LogP contribution >= 0.6 is 55.1 Å². The molecule has 2 N–H and O–H groups in total. The molecule has 0 atom stereocenters. The number of urea groups is 1. The van der Waals surface area contributed by atoms with Crippen LogP contribution in [0.2, 0.25) is 10.0 Å². The molecule has 0 aliphatic rings. The molecule has 0 heterocycles. The highest BCUT2D eigenvalue weighted by Gasteiger charge is 2.10. The minimum atomic E-state index is -0.426. The van der Waals surface area contributed by atoms with E-state index >= 15 is 0 Å². The number of nitrogens with one attached hydrogen (secondary N) is 2. The molecule has 0 aromatic heterocycles. The summed E-state index contributed by atoms with van der Waals surface area (Å²) in [5, 5.41) is 7.72. The Hall–Kier alpha value is -2.06. The van der Waals surface area contributed by atoms with Crippen molar-refractivity contribution in [1.29, 1.82) is 0 Å². The number of anilines is 1. The number of amides is 2. The van der Waals surface area contributed by atoms with E-state index in [9.17, 15) is 4.79 Å². The molecule has 0 radical (unpaired) electrons. The van der Waals surface area contributed by atoms with E-state index < -0.39 is 6.03 Å². The third-order valence-corrected chi connectivity index (χ3v) is 6.08. The van der Waals surface area contributed by atoms with Crippen LogP contribution in [0.3, 0.4) is 0 Å². The van der Waals surface area contributed by atoms with E-state index in [2.05, 4.69) is 47.7 Å². The van der Waals surface area contributed by atoms with Crippen molar-refractivity contribution in [2.75, 3.05) is 5.32 Å². The quantitative estimate of drug-likeness (QED) is 0.232. The van der Waals surface area contributed by atoms with Crippen molar-refractivity contribution < 1.29 is 9.53 Å². The fourth-order valence-corrected chi connectivity index (χ4v) is 4.38. The summed E-state index contributed by atoms with van der Waals surface area (Å²) in [5.41, 5.74) is 5.79. The second kappa shape index (κ2) is 11.0. The van der Waals surface area contributed by atoms with E-state index in [1.807, 2.05) is 49.4 Å². The molecule has 31 heavy (non-hydrogen) atoms. The lowest BCUT2D eigenvalue weighted by molar-refractivity contribution is 0.252. The van der Waals surface area contributed by atoms with Gasteiger partial charge in [0.15, 0.2) is 0 Å². The second-order valence-electron chi connectivity index (χ2n) is 6.49. The summed E-state index contributed by atoms with van der Waals surface area (Å²) in [5.74, 6) is 0.633. The number of aryl methyl sites for hydroxylation is 1. The number of hydrogen-bond acceptors (Lipinski definition) is 3. The summed E-state index contributed by atoms with van der Waals surface area (Å²) in [7, 11) is 0. The van der Waals surface area contributed by atoms with Crippen LogP contribution in [0.15, 0.2) is 68.6 Å². The molecule has 3 aromatic rings. The first kappa shape index (κ1) is 23.6. The Morgan fingerprint density at radius 1 is 1.06 bits per heavy atom. The van der Waals surface area contributed by atoms with Gasteiger partial charge in [-0.05, 0) is 85.8 Å². The summed E-state index contributed by atoms with van der Waals surface area (Å²) in [6, 6.07) is 16.1. The number of carbonyl (C=O) groups excluding carboxylic acids is 1. The van der Waals surface area contributed by atoms with Crippen LogP contribution < -0.4 is 15.5 Å². The number of nitrogens with zero attached hydrogens (tertiary/aromatic N) is 1. The topological polar surface area (TPSA) is 62.7 Å². The lowest BCUT2D eigenvalue weighted by Crippen LogP contribution is -2.24. The highest BCUT2D eigenvalue weighted by molar-refractivity contribution is 9.11. The average Bonchev–Trinajstić information content (AvgIpc) is 2.72. The molecule has 0 saturated heterocycles. The Balaban J connectivity index is 1.60. The van der Waals surface area contributed by atoms with Gasteiger partial charge in [0.2, 0.25) is 0 Å². The van der Waals surface area contributed by atoms with Gasteiger partial charge in [-0.1, -0.05) is 47.5 Å². The standard InChI is InChI=1S/C22H17Br2Cl2N3O2/c1-13-4-2-3-5-20(13)28-22(30)29-27-11-15-8-16(23)21(17(24)9-15)31-12-14-6-7-18(25)19(26)10-14/h2-11H,12H2,1H3,(H2,28,29,30). The Morgan fingerprint density at radius 2 is 1.77 bits per heavy atom. The van der Waals surface area contributed by atoms with Crippen LogP contribution in [-0.4, -0.2) is 12.2 Å². The van der Waals surface area contributed by atoms with Gasteiger partial charge in [-0.15, -0.1) is 0 Å². The molecule has 5 nitrogen and oxygen atoms in total. The molecule has 2 amide bonds.